The van der Waals surface area contributed by atoms with E-state index in [0.717, 1.165) is 26.1 Å². The summed E-state index contributed by atoms with van der Waals surface area (Å²) < 4.78 is 2.35. The highest BCUT2D eigenvalue weighted by Gasteiger charge is 2.15. The zero-order valence-electron chi connectivity index (χ0n) is 12.2. The molecule has 0 atom stereocenters. The topological polar surface area (TPSA) is 29.9 Å². The van der Waals surface area contributed by atoms with Crippen molar-refractivity contribution >= 4 is 0 Å². The summed E-state index contributed by atoms with van der Waals surface area (Å²) in [5.41, 5.74) is 5.57. The Morgan fingerprint density at radius 1 is 1.15 bits per heavy atom. The molecule has 0 fully saturated rings. The van der Waals surface area contributed by atoms with Gasteiger partial charge in [-0.15, -0.1) is 0 Å². The number of aryl methyl sites for hydroxylation is 1. The summed E-state index contributed by atoms with van der Waals surface area (Å²) in [6.45, 7) is 5.05. The fraction of sp³-hybridized carbons (Fsp3) is 0.471. The number of benzene rings is 1. The third-order valence-corrected chi connectivity index (χ3v) is 4.13. The van der Waals surface area contributed by atoms with Crippen molar-refractivity contribution < 1.29 is 0 Å². The summed E-state index contributed by atoms with van der Waals surface area (Å²) in [7, 11) is 0. The molecule has 0 saturated heterocycles. The van der Waals surface area contributed by atoms with Crippen LogP contribution in [0.1, 0.15) is 42.3 Å². The molecule has 0 radical (unpaired) electrons. The second-order valence-electron chi connectivity index (χ2n) is 5.52. The van der Waals surface area contributed by atoms with Gasteiger partial charge in [-0.1, -0.05) is 31.2 Å². The molecule has 1 aromatic carbocycles. The third-order valence-electron chi connectivity index (χ3n) is 4.13. The highest BCUT2D eigenvalue weighted by Crippen LogP contribution is 2.21. The second kappa shape index (κ2) is 6.23. The summed E-state index contributed by atoms with van der Waals surface area (Å²) in [4.78, 5) is 4.59. The largest absolute Gasteiger partial charge is 0.330 e. The molecule has 3 heteroatoms. The lowest BCUT2D eigenvalue weighted by Gasteiger charge is -2.16. The van der Waals surface area contributed by atoms with Gasteiger partial charge in [0.1, 0.15) is 0 Å². The van der Waals surface area contributed by atoms with Crippen molar-refractivity contribution in [3.05, 3.63) is 53.1 Å². The number of rotatable bonds is 5. The van der Waals surface area contributed by atoms with Gasteiger partial charge >= 0.3 is 0 Å². The van der Waals surface area contributed by atoms with E-state index in [2.05, 4.69) is 46.1 Å². The molecule has 3 nitrogen and oxygen atoms in total. The van der Waals surface area contributed by atoms with Crippen molar-refractivity contribution in [1.82, 2.24) is 14.9 Å². The molecule has 1 aromatic heterocycles. The van der Waals surface area contributed by atoms with Crippen LogP contribution in [0, 0.1) is 0 Å². The normalized spacial score (nSPS) is 14.2. The van der Waals surface area contributed by atoms with Crippen LogP contribution in [0.2, 0.25) is 0 Å². The van der Waals surface area contributed by atoms with E-state index < -0.39 is 0 Å². The summed E-state index contributed by atoms with van der Waals surface area (Å²) >= 11 is 0. The Morgan fingerprint density at radius 3 is 2.80 bits per heavy atom. The van der Waals surface area contributed by atoms with Crippen molar-refractivity contribution in [1.29, 1.82) is 0 Å². The van der Waals surface area contributed by atoms with Crippen LogP contribution in [-0.2, 0) is 25.9 Å². The maximum absolute atomic E-state index is 4.59. The molecule has 1 aliphatic carbocycles. The van der Waals surface area contributed by atoms with Crippen LogP contribution in [0.5, 0.6) is 0 Å². The minimum atomic E-state index is 0.948. The predicted octanol–water partition coefficient (Wildman–Crippen LogP) is 2.92. The molecule has 0 bridgehead atoms. The molecule has 1 heterocycles. The Bertz CT molecular complexity index is 571. The molecule has 20 heavy (non-hydrogen) atoms. The lowest BCUT2D eigenvalue weighted by molar-refractivity contribution is 0.625. The summed E-state index contributed by atoms with van der Waals surface area (Å²) in [6.07, 6.45) is 6.96. The average molecular weight is 269 g/mol. The second-order valence-corrected chi connectivity index (χ2v) is 5.52. The number of hydrogen-bond acceptors (Lipinski definition) is 2. The Hall–Kier alpha value is -1.61. The zero-order chi connectivity index (χ0) is 13.8. The van der Waals surface area contributed by atoms with Gasteiger partial charge < -0.3 is 9.88 Å². The molecule has 1 aliphatic rings. The van der Waals surface area contributed by atoms with E-state index in [0.29, 0.717) is 0 Å². The first kappa shape index (κ1) is 13.4. The molecule has 0 unspecified atom stereocenters. The molecule has 3 rings (SSSR count). The van der Waals surface area contributed by atoms with Crippen molar-refractivity contribution in [2.75, 3.05) is 6.54 Å². The number of nitrogens with one attached hydrogen (secondary N) is 1. The molecular formula is C17H23N3. The Balaban J connectivity index is 1.82. The zero-order valence-corrected chi connectivity index (χ0v) is 12.2. The van der Waals surface area contributed by atoms with Crippen molar-refractivity contribution in [3.8, 4) is 0 Å². The van der Waals surface area contributed by atoms with Gasteiger partial charge in [0.2, 0.25) is 0 Å². The standard InChI is InChI=1S/C17H23N3/c1-2-18-11-14-7-3-4-8-15(14)12-20-13-19-16-9-5-6-10-17(16)20/h3-4,7-8,13,18H,2,5-6,9-12H2,1H3. The van der Waals surface area contributed by atoms with Gasteiger partial charge in [-0.2, -0.15) is 0 Å². The predicted molar refractivity (Wildman–Crippen MR) is 81.8 cm³/mol. The van der Waals surface area contributed by atoms with Gasteiger partial charge in [-0.05, 0) is 43.4 Å². The van der Waals surface area contributed by atoms with E-state index >= 15 is 0 Å². The van der Waals surface area contributed by atoms with Crippen molar-refractivity contribution in [2.24, 2.45) is 0 Å². The summed E-state index contributed by atoms with van der Waals surface area (Å²) in [6, 6.07) is 8.72. The molecule has 1 N–H and O–H groups in total. The number of imidazole rings is 1. The smallest absolute Gasteiger partial charge is 0.0954 e. The first-order valence-corrected chi connectivity index (χ1v) is 7.69. The molecule has 0 amide bonds. The lowest BCUT2D eigenvalue weighted by Crippen LogP contribution is -2.15. The van der Waals surface area contributed by atoms with E-state index in [1.807, 2.05) is 6.33 Å². The maximum atomic E-state index is 4.59. The van der Waals surface area contributed by atoms with E-state index in [1.165, 1.54) is 41.8 Å². The van der Waals surface area contributed by atoms with Crippen LogP contribution >= 0.6 is 0 Å². The number of nitrogens with zero attached hydrogens (tertiary/aromatic N) is 2. The number of hydrogen-bond donors (Lipinski definition) is 1. The van der Waals surface area contributed by atoms with Gasteiger partial charge in [0.05, 0.1) is 12.0 Å². The Morgan fingerprint density at radius 2 is 1.95 bits per heavy atom. The Labute approximate surface area is 121 Å². The Kier molecular flexibility index (Phi) is 4.16. The highest BCUT2D eigenvalue weighted by molar-refractivity contribution is 5.28. The van der Waals surface area contributed by atoms with Crippen LogP contribution < -0.4 is 5.32 Å². The quantitative estimate of drug-likeness (QED) is 0.904. The average Bonchev–Trinajstić information content (AvgIpc) is 2.90. The fourth-order valence-corrected chi connectivity index (χ4v) is 2.99. The summed E-state index contributed by atoms with van der Waals surface area (Å²) in [5.74, 6) is 0. The van der Waals surface area contributed by atoms with Gasteiger partial charge in [0.25, 0.3) is 0 Å². The molecule has 106 valence electrons. The maximum Gasteiger partial charge on any atom is 0.0954 e. The van der Waals surface area contributed by atoms with Gasteiger partial charge in [0, 0.05) is 18.8 Å². The molecule has 0 saturated carbocycles. The first-order valence-electron chi connectivity index (χ1n) is 7.69. The van der Waals surface area contributed by atoms with Crippen LogP contribution in [-0.4, -0.2) is 16.1 Å². The fourth-order valence-electron chi connectivity index (χ4n) is 2.99. The van der Waals surface area contributed by atoms with Gasteiger partial charge in [-0.3, -0.25) is 0 Å². The first-order chi connectivity index (χ1) is 9.88. The molecule has 2 aromatic rings. The monoisotopic (exact) mass is 269 g/mol. The van der Waals surface area contributed by atoms with E-state index in [1.54, 1.807) is 0 Å². The molecular weight excluding hydrogens is 246 g/mol. The summed E-state index contributed by atoms with van der Waals surface area (Å²) in [5, 5.41) is 3.42. The SMILES string of the molecule is CCNCc1ccccc1Cn1cnc2c1CCCC2. The van der Waals surface area contributed by atoms with E-state index in [-0.39, 0.29) is 0 Å². The van der Waals surface area contributed by atoms with Crippen molar-refractivity contribution in [3.63, 3.8) is 0 Å². The van der Waals surface area contributed by atoms with Crippen LogP contribution in [0.25, 0.3) is 0 Å². The van der Waals surface area contributed by atoms with Crippen LogP contribution in [0.4, 0.5) is 0 Å². The minimum absolute atomic E-state index is 0.948. The molecule has 0 aliphatic heterocycles. The molecule has 0 spiro atoms. The van der Waals surface area contributed by atoms with Crippen molar-refractivity contribution in [2.45, 2.75) is 45.7 Å². The van der Waals surface area contributed by atoms with E-state index in [4.69, 9.17) is 0 Å². The van der Waals surface area contributed by atoms with Gasteiger partial charge in [0.15, 0.2) is 0 Å². The number of aromatic nitrogens is 2. The van der Waals surface area contributed by atoms with Crippen LogP contribution in [0.15, 0.2) is 30.6 Å². The van der Waals surface area contributed by atoms with Gasteiger partial charge in [-0.25, -0.2) is 4.98 Å². The number of fused-ring (bicyclic) bond motifs is 1. The minimum Gasteiger partial charge on any atom is -0.330 e. The third kappa shape index (κ3) is 2.78. The lowest BCUT2D eigenvalue weighted by atomic mass is 10.0. The van der Waals surface area contributed by atoms with E-state index in [9.17, 15) is 0 Å². The highest BCUT2D eigenvalue weighted by atomic mass is 15.1. The van der Waals surface area contributed by atoms with Crippen LogP contribution in [0.3, 0.4) is 0 Å².